The molecule has 4 nitrogen and oxygen atoms in total. The van der Waals surface area contributed by atoms with E-state index in [-0.39, 0.29) is 0 Å². The lowest BCUT2D eigenvalue weighted by atomic mass is 10.1. The number of anilines is 1. The second kappa shape index (κ2) is 9.79. The first-order valence-electron chi connectivity index (χ1n) is 9.49. The van der Waals surface area contributed by atoms with Gasteiger partial charge in [0.05, 0.1) is 26.2 Å². The number of hydrogen-bond donors (Lipinski definition) is 2. The van der Waals surface area contributed by atoms with E-state index in [0.29, 0.717) is 13.2 Å². The summed E-state index contributed by atoms with van der Waals surface area (Å²) in [5.74, 6) is 0.831. The molecule has 0 aliphatic carbocycles. The molecule has 0 aromatic heterocycles. The van der Waals surface area contributed by atoms with Crippen LogP contribution in [0.4, 0.5) is 5.69 Å². The lowest BCUT2D eigenvalue weighted by molar-refractivity contribution is -0.903. The van der Waals surface area contributed by atoms with Gasteiger partial charge in [0, 0.05) is 10.7 Å². The molecule has 1 fully saturated rings. The van der Waals surface area contributed by atoms with E-state index in [1.807, 2.05) is 48.5 Å². The van der Waals surface area contributed by atoms with Crippen LogP contribution in [0.3, 0.4) is 0 Å². The molecule has 5 heteroatoms. The van der Waals surface area contributed by atoms with Crippen molar-refractivity contribution in [2.75, 3.05) is 44.2 Å². The van der Waals surface area contributed by atoms with Crippen molar-refractivity contribution in [2.24, 2.45) is 0 Å². The molecule has 1 saturated heterocycles. The molecule has 1 atom stereocenters. The zero-order valence-electron chi connectivity index (χ0n) is 15.6. The number of aliphatic hydroxyl groups is 1. The Morgan fingerprint density at radius 1 is 1.19 bits per heavy atom. The number of para-hydroxylation sites is 1. The molecule has 1 aliphatic rings. The van der Waals surface area contributed by atoms with E-state index in [2.05, 4.69) is 17.5 Å². The van der Waals surface area contributed by atoms with Crippen molar-refractivity contribution < 1.29 is 14.7 Å². The molecule has 0 saturated carbocycles. The van der Waals surface area contributed by atoms with Crippen molar-refractivity contribution in [3.05, 3.63) is 71.8 Å². The van der Waals surface area contributed by atoms with Gasteiger partial charge in [-0.25, -0.2) is 0 Å². The van der Waals surface area contributed by atoms with Gasteiger partial charge in [0.15, 0.2) is 0 Å². The lowest BCUT2D eigenvalue weighted by Crippen LogP contribution is -3.16. The summed E-state index contributed by atoms with van der Waals surface area (Å²) in [4.78, 5) is 3.76. The number of piperazine rings is 1. The van der Waals surface area contributed by atoms with E-state index >= 15 is 0 Å². The SMILES string of the molecule is C=CCc1ccccc1OC[C@@H](O)C[NH+]1CCN(c2cccc(Cl)c2)CC1. The van der Waals surface area contributed by atoms with Crippen LogP contribution in [0.15, 0.2) is 61.2 Å². The first-order chi connectivity index (χ1) is 13.2. The summed E-state index contributed by atoms with van der Waals surface area (Å²) in [5, 5.41) is 11.2. The first kappa shape index (κ1) is 19.7. The van der Waals surface area contributed by atoms with Crippen LogP contribution >= 0.6 is 11.6 Å². The summed E-state index contributed by atoms with van der Waals surface area (Å²) in [6.07, 6.45) is 2.15. The topological polar surface area (TPSA) is 37.1 Å². The molecule has 1 aliphatic heterocycles. The van der Waals surface area contributed by atoms with Crippen LogP contribution in [0.2, 0.25) is 5.02 Å². The Kier molecular flexibility index (Phi) is 7.16. The number of nitrogens with zero attached hydrogens (tertiary/aromatic N) is 1. The molecular weight excluding hydrogens is 360 g/mol. The van der Waals surface area contributed by atoms with Crippen molar-refractivity contribution in [3.63, 3.8) is 0 Å². The normalized spacial score (nSPS) is 16.1. The molecule has 0 amide bonds. The van der Waals surface area contributed by atoms with Crippen LogP contribution in [0.1, 0.15) is 5.56 Å². The second-order valence-corrected chi connectivity index (χ2v) is 7.42. The quantitative estimate of drug-likeness (QED) is 0.682. The van der Waals surface area contributed by atoms with Crippen LogP contribution in [0.25, 0.3) is 0 Å². The van der Waals surface area contributed by atoms with Crippen molar-refractivity contribution >= 4 is 17.3 Å². The number of benzene rings is 2. The third-order valence-electron chi connectivity index (χ3n) is 4.94. The zero-order valence-corrected chi connectivity index (χ0v) is 16.4. The average molecular weight is 388 g/mol. The molecule has 2 aromatic rings. The van der Waals surface area contributed by atoms with E-state index in [9.17, 15) is 5.11 Å². The highest BCUT2D eigenvalue weighted by molar-refractivity contribution is 6.30. The Hall–Kier alpha value is -2.01. The Labute approximate surface area is 166 Å². The minimum Gasteiger partial charge on any atom is -0.490 e. The minimum atomic E-state index is -0.477. The molecule has 0 spiro atoms. The molecule has 0 unspecified atom stereocenters. The predicted molar refractivity (Wildman–Crippen MR) is 111 cm³/mol. The smallest absolute Gasteiger partial charge is 0.137 e. The van der Waals surface area contributed by atoms with Crippen molar-refractivity contribution in [1.82, 2.24) is 0 Å². The van der Waals surface area contributed by atoms with Gasteiger partial charge in [-0.2, -0.15) is 0 Å². The second-order valence-electron chi connectivity index (χ2n) is 6.99. The number of allylic oxidation sites excluding steroid dienone is 1. The molecular formula is C22H28ClN2O2+. The summed E-state index contributed by atoms with van der Waals surface area (Å²) < 4.78 is 5.86. The summed E-state index contributed by atoms with van der Waals surface area (Å²) in [6, 6.07) is 15.9. The number of nitrogens with one attached hydrogen (secondary N) is 1. The van der Waals surface area contributed by atoms with Gasteiger partial charge in [-0.15, -0.1) is 6.58 Å². The van der Waals surface area contributed by atoms with Gasteiger partial charge in [0.1, 0.15) is 25.0 Å². The third kappa shape index (κ3) is 5.73. The Bertz CT molecular complexity index is 745. The molecule has 0 bridgehead atoms. The fraction of sp³-hybridized carbons (Fsp3) is 0.364. The van der Waals surface area contributed by atoms with Crippen LogP contribution in [0.5, 0.6) is 5.75 Å². The Morgan fingerprint density at radius 2 is 1.96 bits per heavy atom. The van der Waals surface area contributed by atoms with E-state index in [1.165, 1.54) is 10.6 Å². The molecule has 2 N–H and O–H groups in total. The highest BCUT2D eigenvalue weighted by atomic mass is 35.5. The first-order valence-corrected chi connectivity index (χ1v) is 9.87. The van der Waals surface area contributed by atoms with Gasteiger partial charge < -0.3 is 19.6 Å². The Balaban J connectivity index is 1.44. The van der Waals surface area contributed by atoms with Gasteiger partial charge in [-0.05, 0) is 36.2 Å². The van der Waals surface area contributed by atoms with Crippen LogP contribution < -0.4 is 14.5 Å². The molecule has 1 heterocycles. The fourth-order valence-electron chi connectivity index (χ4n) is 3.50. The van der Waals surface area contributed by atoms with E-state index < -0.39 is 6.10 Å². The fourth-order valence-corrected chi connectivity index (χ4v) is 3.69. The molecule has 144 valence electrons. The van der Waals surface area contributed by atoms with E-state index in [0.717, 1.165) is 48.9 Å². The highest BCUT2D eigenvalue weighted by Crippen LogP contribution is 2.20. The third-order valence-corrected chi connectivity index (χ3v) is 5.17. The van der Waals surface area contributed by atoms with Crippen molar-refractivity contribution in [1.29, 1.82) is 0 Å². The molecule has 3 rings (SSSR count). The zero-order chi connectivity index (χ0) is 19.1. The van der Waals surface area contributed by atoms with Gasteiger partial charge in [0.2, 0.25) is 0 Å². The Morgan fingerprint density at radius 3 is 2.70 bits per heavy atom. The lowest BCUT2D eigenvalue weighted by Gasteiger charge is -2.34. The molecule has 0 radical (unpaired) electrons. The largest absolute Gasteiger partial charge is 0.490 e. The minimum absolute atomic E-state index is 0.315. The number of aliphatic hydroxyl groups excluding tert-OH is 1. The number of quaternary nitrogens is 1. The van der Waals surface area contributed by atoms with Gasteiger partial charge >= 0.3 is 0 Å². The van der Waals surface area contributed by atoms with Crippen LogP contribution in [0, 0.1) is 0 Å². The van der Waals surface area contributed by atoms with Gasteiger partial charge in [0.25, 0.3) is 0 Å². The van der Waals surface area contributed by atoms with E-state index in [4.69, 9.17) is 16.3 Å². The van der Waals surface area contributed by atoms with Gasteiger partial charge in [-0.1, -0.05) is 41.9 Å². The number of hydrogen-bond acceptors (Lipinski definition) is 3. The summed E-state index contributed by atoms with van der Waals surface area (Å²) in [5.41, 5.74) is 2.27. The van der Waals surface area contributed by atoms with Crippen molar-refractivity contribution in [2.45, 2.75) is 12.5 Å². The van der Waals surface area contributed by atoms with Crippen LogP contribution in [-0.4, -0.2) is 50.5 Å². The maximum Gasteiger partial charge on any atom is 0.137 e. The number of rotatable bonds is 8. The monoisotopic (exact) mass is 387 g/mol. The van der Waals surface area contributed by atoms with E-state index in [1.54, 1.807) is 0 Å². The highest BCUT2D eigenvalue weighted by Gasteiger charge is 2.23. The maximum absolute atomic E-state index is 10.4. The molecule has 2 aromatic carbocycles. The standard InChI is InChI=1S/C22H27ClN2O2/c1-2-6-18-7-3-4-10-22(18)27-17-21(26)16-24-11-13-25(14-12-24)20-9-5-8-19(23)15-20/h2-5,7-10,15,21,26H,1,6,11-14,16-17H2/p+1/t21-/m0/s1. The number of ether oxygens (including phenoxy) is 1. The van der Waals surface area contributed by atoms with Crippen LogP contribution in [-0.2, 0) is 6.42 Å². The summed E-state index contributed by atoms with van der Waals surface area (Å²) in [7, 11) is 0. The summed E-state index contributed by atoms with van der Waals surface area (Å²) in [6.45, 7) is 8.72. The number of halogens is 1. The average Bonchev–Trinajstić information content (AvgIpc) is 2.68. The van der Waals surface area contributed by atoms with Crippen molar-refractivity contribution in [3.8, 4) is 5.75 Å². The summed E-state index contributed by atoms with van der Waals surface area (Å²) >= 11 is 6.09. The van der Waals surface area contributed by atoms with Gasteiger partial charge in [-0.3, -0.25) is 0 Å². The maximum atomic E-state index is 10.4. The predicted octanol–water partition coefficient (Wildman–Crippen LogP) is 2.21. The molecule has 27 heavy (non-hydrogen) atoms.